The van der Waals surface area contributed by atoms with Gasteiger partial charge in [-0.1, -0.05) is 37.1 Å². The SMILES string of the molecule is O=C(c1ccc(CCCC(=O)N2CCCC2)cc1)c1c(C2CCCC2)sc2cc(O)ccc12. The molecule has 4 nitrogen and oxygen atoms in total. The van der Waals surface area contributed by atoms with Crippen LogP contribution in [0.5, 0.6) is 5.75 Å². The number of hydrogen-bond donors (Lipinski definition) is 1. The molecular weight excluding hydrogens is 430 g/mol. The molecule has 2 fully saturated rings. The van der Waals surface area contributed by atoms with Crippen LogP contribution in [0.3, 0.4) is 0 Å². The van der Waals surface area contributed by atoms with E-state index in [1.165, 1.54) is 17.7 Å². The maximum absolute atomic E-state index is 13.6. The summed E-state index contributed by atoms with van der Waals surface area (Å²) < 4.78 is 0.986. The van der Waals surface area contributed by atoms with Gasteiger partial charge < -0.3 is 10.0 Å². The summed E-state index contributed by atoms with van der Waals surface area (Å²) in [7, 11) is 0. The molecule has 3 aromatic rings. The third kappa shape index (κ3) is 4.70. The molecule has 2 aromatic carbocycles. The van der Waals surface area contributed by atoms with Crippen molar-refractivity contribution in [2.75, 3.05) is 13.1 Å². The molecule has 1 saturated heterocycles. The van der Waals surface area contributed by atoms with Crippen molar-refractivity contribution in [3.63, 3.8) is 0 Å². The number of ketones is 1. The molecule has 0 atom stereocenters. The molecule has 0 unspecified atom stereocenters. The highest BCUT2D eigenvalue weighted by Gasteiger charge is 2.28. The number of thiophene rings is 1. The number of carbonyl (C=O) groups is 2. The first kappa shape index (κ1) is 22.1. The molecule has 2 aliphatic rings. The molecule has 33 heavy (non-hydrogen) atoms. The van der Waals surface area contributed by atoms with Gasteiger partial charge in [0.25, 0.3) is 0 Å². The van der Waals surface area contributed by atoms with E-state index >= 15 is 0 Å². The second kappa shape index (κ2) is 9.68. The third-order valence-corrected chi connectivity index (χ3v) is 8.50. The highest BCUT2D eigenvalue weighted by Crippen LogP contribution is 2.44. The van der Waals surface area contributed by atoms with Gasteiger partial charge in [0.1, 0.15) is 5.75 Å². The molecule has 0 radical (unpaired) electrons. The highest BCUT2D eigenvalue weighted by molar-refractivity contribution is 7.19. The van der Waals surface area contributed by atoms with Gasteiger partial charge in [-0.15, -0.1) is 11.3 Å². The van der Waals surface area contributed by atoms with Gasteiger partial charge in [-0.25, -0.2) is 0 Å². The van der Waals surface area contributed by atoms with Crippen molar-refractivity contribution in [2.45, 2.75) is 63.7 Å². The Kier molecular flexibility index (Phi) is 6.50. The number of carbonyl (C=O) groups excluding carboxylic acids is 2. The van der Waals surface area contributed by atoms with Crippen LogP contribution < -0.4 is 0 Å². The summed E-state index contributed by atoms with van der Waals surface area (Å²) in [6.07, 6.45) is 9.24. The molecule has 5 rings (SSSR count). The Morgan fingerprint density at radius 3 is 2.42 bits per heavy atom. The van der Waals surface area contributed by atoms with Crippen LogP contribution in [0.15, 0.2) is 42.5 Å². The average Bonchev–Trinajstić information content (AvgIpc) is 3.59. The van der Waals surface area contributed by atoms with E-state index in [1.807, 2.05) is 35.2 Å². The van der Waals surface area contributed by atoms with Gasteiger partial charge in [-0.2, -0.15) is 0 Å². The monoisotopic (exact) mass is 461 g/mol. The molecule has 1 N–H and O–H groups in total. The number of aryl methyl sites for hydroxylation is 1. The van der Waals surface area contributed by atoms with Crippen LogP contribution in [-0.2, 0) is 11.2 Å². The number of hydrogen-bond acceptors (Lipinski definition) is 4. The lowest BCUT2D eigenvalue weighted by atomic mass is 9.93. The molecule has 1 saturated carbocycles. The summed E-state index contributed by atoms with van der Waals surface area (Å²) in [5.41, 5.74) is 2.70. The Labute approximate surface area is 199 Å². The molecule has 172 valence electrons. The van der Waals surface area contributed by atoms with Gasteiger partial charge in [0.05, 0.1) is 0 Å². The van der Waals surface area contributed by atoms with E-state index in [9.17, 15) is 14.7 Å². The number of benzene rings is 2. The number of nitrogens with zero attached hydrogens (tertiary/aromatic N) is 1. The first-order valence-corrected chi connectivity index (χ1v) is 13.1. The van der Waals surface area contributed by atoms with E-state index < -0.39 is 0 Å². The van der Waals surface area contributed by atoms with Crippen LogP contribution >= 0.6 is 11.3 Å². The fourth-order valence-electron chi connectivity index (χ4n) is 5.35. The van der Waals surface area contributed by atoms with Gasteiger partial charge in [-0.05, 0) is 68.2 Å². The summed E-state index contributed by atoms with van der Waals surface area (Å²) in [5.74, 6) is 1.03. The molecule has 1 amide bonds. The maximum atomic E-state index is 13.6. The lowest BCUT2D eigenvalue weighted by molar-refractivity contribution is -0.130. The topological polar surface area (TPSA) is 57.6 Å². The van der Waals surface area contributed by atoms with Crippen molar-refractivity contribution in [1.29, 1.82) is 0 Å². The summed E-state index contributed by atoms with van der Waals surface area (Å²) in [6.45, 7) is 1.82. The lowest BCUT2D eigenvalue weighted by Crippen LogP contribution is -2.27. The summed E-state index contributed by atoms with van der Waals surface area (Å²) >= 11 is 1.67. The molecule has 5 heteroatoms. The largest absolute Gasteiger partial charge is 0.508 e. The van der Waals surface area contributed by atoms with E-state index in [4.69, 9.17) is 0 Å². The van der Waals surface area contributed by atoms with E-state index in [1.54, 1.807) is 23.5 Å². The van der Waals surface area contributed by atoms with E-state index in [0.29, 0.717) is 17.9 Å². The third-order valence-electron chi connectivity index (χ3n) is 7.18. The Morgan fingerprint density at radius 2 is 1.70 bits per heavy atom. The fourth-order valence-corrected chi connectivity index (χ4v) is 6.75. The summed E-state index contributed by atoms with van der Waals surface area (Å²) in [6, 6.07) is 13.3. The molecule has 2 heterocycles. The van der Waals surface area contributed by atoms with Crippen molar-refractivity contribution in [3.05, 3.63) is 64.0 Å². The van der Waals surface area contributed by atoms with E-state index in [2.05, 4.69) is 0 Å². The molecular formula is C28H31NO3S. The Hall–Kier alpha value is -2.66. The van der Waals surface area contributed by atoms with Crippen molar-refractivity contribution < 1.29 is 14.7 Å². The van der Waals surface area contributed by atoms with Crippen LogP contribution in [0.1, 0.15) is 83.6 Å². The Bertz CT molecular complexity index is 1150. The maximum Gasteiger partial charge on any atom is 0.222 e. The van der Waals surface area contributed by atoms with Gasteiger partial charge in [0, 0.05) is 45.6 Å². The predicted molar refractivity (Wildman–Crippen MR) is 133 cm³/mol. The van der Waals surface area contributed by atoms with Crippen molar-refractivity contribution in [1.82, 2.24) is 4.90 Å². The average molecular weight is 462 g/mol. The Balaban J connectivity index is 1.32. The van der Waals surface area contributed by atoms with E-state index in [-0.39, 0.29) is 17.4 Å². The smallest absolute Gasteiger partial charge is 0.222 e. The number of amides is 1. The summed E-state index contributed by atoms with van der Waals surface area (Å²) in [5, 5.41) is 10.9. The summed E-state index contributed by atoms with van der Waals surface area (Å²) in [4.78, 5) is 29.0. The minimum atomic E-state index is 0.0737. The number of phenols is 1. The van der Waals surface area contributed by atoms with Gasteiger partial charge in [0.15, 0.2) is 5.78 Å². The van der Waals surface area contributed by atoms with Crippen molar-refractivity contribution in [3.8, 4) is 5.75 Å². The molecule has 1 aliphatic heterocycles. The first-order valence-electron chi connectivity index (χ1n) is 12.3. The molecule has 0 bridgehead atoms. The molecule has 1 aliphatic carbocycles. The second-order valence-electron chi connectivity index (χ2n) is 9.47. The minimum Gasteiger partial charge on any atom is -0.508 e. The zero-order valence-corrected chi connectivity index (χ0v) is 19.8. The zero-order chi connectivity index (χ0) is 22.8. The van der Waals surface area contributed by atoms with Crippen molar-refractivity contribution >= 4 is 33.1 Å². The first-order chi connectivity index (χ1) is 16.1. The zero-order valence-electron chi connectivity index (χ0n) is 19.0. The van der Waals surface area contributed by atoms with Gasteiger partial charge in [0.2, 0.25) is 5.91 Å². The fraction of sp³-hybridized carbons (Fsp3) is 0.429. The van der Waals surface area contributed by atoms with Gasteiger partial charge >= 0.3 is 0 Å². The van der Waals surface area contributed by atoms with Crippen LogP contribution in [0.25, 0.3) is 10.1 Å². The number of aromatic hydroxyl groups is 1. The lowest BCUT2D eigenvalue weighted by Gasteiger charge is -2.14. The second-order valence-corrected chi connectivity index (χ2v) is 10.6. The molecule has 1 aromatic heterocycles. The van der Waals surface area contributed by atoms with Crippen LogP contribution in [0, 0.1) is 0 Å². The van der Waals surface area contributed by atoms with Crippen LogP contribution in [0.2, 0.25) is 0 Å². The van der Waals surface area contributed by atoms with Crippen LogP contribution in [-0.4, -0.2) is 34.8 Å². The van der Waals surface area contributed by atoms with Crippen LogP contribution in [0.4, 0.5) is 0 Å². The Morgan fingerprint density at radius 1 is 0.970 bits per heavy atom. The van der Waals surface area contributed by atoms with E-state index in [0.717, 1.165) is 72.8 Å². The predicted octanol–water partition coefficient (Wildman–Crippen LogP) is 6.44. The normalized spacial score (nSPS) is 16.7. The standard InChI is InChI=1S/C28H31NO3S/c30-22-14-15-23-24(18-22)33-28(21-7-1-2-8-21)26(23)27(32)20-12-10-19(11-13-20)6-5-9-25(31)29-16-3-4-17-29/h10-15,18,21,30H,1-9,16-17H2. The van der Waals surface area contributed by atoms with Crippen molar-refractivity contribution in [2.24, 2.45) is 0 Å². The number of rotatable bonds is 7. The number of fused-ring (bicyclic) bond motifs is 1. The molecule has 0 spiro atoms. The van der Waals surface area contributed by atoms with Gasteiger partial charge in [-0.3, -0.25) is 9.59 Å². The minimum absolute atomic E-state index is 0.0737. The number of phenolic OH excluding ortho intramolecular Hbond substituents is 1. The quantitative estimate of drug-likeness (QED) is 0.412. The number of likely N-dealkylation sites (tertiary alicyclic amines) is 1. The highest BCUT2D eigenvalue weighted by atomic mass is 32.1.